The molecule has 0 radical (unpaired) electrons. The minimum absolute atomic E-state index is 0.166. The summed E-state index contributed by atoms with van der Waals surface area (Å²) in [7, 11) is 0. The summed E-state index contributed by atoms with van der Waals surface area (Å²) in [6.45, 7) is 4.66. The topological polar surface area (TPSA) is 96.7 Å². The zero-order chi connectivity index (χ0) is 23.3. The fraction of sp³-hybridized carbons (Fsp3) is 0.200. The third-order valence-corrected chi connectivity index (χ3v) is 5.07. The van der Waals surface area contributed by atoms with Crippen LogP contribution in [0, 0.1) is 13.8 Å². The highest BCUT2D eigenvalue weighted by Crippen LogP contribution is 2.21. The van der Waals surface area contributed by atoms with Crippen LogP contribution < -0.4 is 5.32 Å². The van der Waals surface area contributed by atoms with Gasteiger partial charge in [-0.15, -0.1) is 0 Å². The molecule has 2 aromatic carbocycles. The Bertz CT molecular complexity index is 1120. The first-order chi connectivity index (χ1) is 15.3. The van der Waals surface area contributed by atoms with Crippen LogP contribution in [-0.4, -0.2) is 34.3 Å². The number of nitrogens with zero attached hydrogens (tertiary/aromatic N) is 1. The van der Waals surface area contributed by atoms with Crippen LogP contribution in [0.25, 0.3) is 0 Å². The summed E-state index contributed by atoms with van der Waals surface area (Å²) >= 11 is 0. The molecule has 0 fully saturated rings. The number of carbonyl (C=O) groups excluding carboxylic acids is 4. The first kappa shape index (κ1) is 22.7. The predicted octanol–water partition coefficient (Wildman–Crippen LogP) is 3.70. The van der Waals surface area contributed by atoms with E-state index < -0.39 is 29.4 Å². The van der Waals surface area contributed by atoms with E-state index in [0.29, 0.717) is 11.4 Å². The number of hydrogen-bond donors (Lipinski definition) is 1. The lowest BCUT2D eigenvalue weighted by atomic mass is 10.0. The van der Waals surface area contributed by atoms with E-state index >= 15 is 0 Å². The molecule has 0 bridgehead atoms. The smallest absolute Gasteiger partial charge is 0.296 e. The Balaban J connectivity index is 1.97. The van der Waals surface area contributed by atoms with Gasteiger partial charge in [0, 0.05) is 11.3 Å². The van der Waals surface area contributed by atoms with Crippen molar-refractivity contribution in [3.8, 4) is 0 Å². The van der Waals surface area contributed by atoms with Gasteiger partial charge in [-0.25, -0.2) is 0 Å². The molecule has 0 aliphatic heterocycles. The Morgan fingerprint density at radius 3 is 2.12 bits per heavy atom. The second-order valence-corrected chi connectivity index (χ2v) is 7.48. The zero-order valence-corrected chi connectivity index (χ0v) is 18.1. The monoisotopic (exact) mass is 432 g/mol. The Labute approximate surface area is 186 Å². The lowest BCUT2D eigenvalue weighted by molar-refractivity contribution is -0.142. The van der Waals surface area contributed by atoms with Crippen molar-refractivity contribution in [3.05, 3.63) is 89.4 Å². The summed E-state index contributed by atoms with van der Waals surface area (Å²) in [5, 5.41) is 2.76. The number of Topliss-reactive ketones (excluding diaryl/α,β-unsaturated/α-hetero) is 2. The number of carbonyl (C=O) groups is 4. The van der Waals surface area contributed by atoms with Crippen molar-refractivity contribution in [2.45, 2.75) is 33.4 Å². The maximum absolute atomic E-state index is 13.2. The summed E-state index contributed by atoms with van der Waals surface area (Å²) in [5.74, 6) is -2.72. The van der Waals surface area contributed by atoms with E-state index in [1.807, 2.05) is 32.0 Å². The second-order valence-electron chi connectivity index (χ2n) is 7.48. The van der Waals surface area contributed by atoms with Crippen LogP contribution in [0.3, 0.4) is 0 Å². The van der Waals surface area contributed by atoms with E-state index in [1.54, 1.807) is 30.3 Å². The third-order valence-electron chi connectivity index (χ3n) is 5.07. The molecule has 0 aliphatic rings. The number of aryl methyl sites for hydroxylation is 2. The van der Waals surface area contributed by atoms with Crippen molar-refractivity contribution < 1.29 is 23.6 Å². The standard InChI is InChI=1S/C25H24N2O5/c1-16-9-7-10-17(2)21(16)26-24(30)22(18(3)28)27(15-20-13-8-14-32-20)25(31)23(29)19-11-5-4-6-12-19/h4-14,22H,15H2,1-3H3,(H,26,30). The minimum atomic E-state index is -1.51. The fourth-order valence-electron chi connectivity index (χ4n) is 3.44. The number of furan rings is 1. The van der Waals surface area contributed by atoms with Crippen molar-refractivity contribution in [3.63, 3.8) is 0 Å². The van der Waals surface area contributed by atoms with Gasteiger partial charge in [0.05, 0.1) is 12.8 Å². The maximum atomic E-state index is 13.2. The highest BCUT2D eigenvalue weighted by atomic mass is 16.3. The van der Waals surface area contributed by atoms with E-state index in [1.165, 1.54) is 25.3 Å². The van der Waals surface area contributed by atoms with Gasteiger partial charge in [-0.05, 0) is 44.0 Å². The molecule has 1 N–H and O–H groups in total. The third kappa shape index (κ3) is 5.00. The SMILES string of the molecule is CC(=O)C(C(=O)Nc1c(C)cccc1C)N(Cc1ccco1)C(=O)C(=O)c1ccccc1. The molecular formula is C25H24N2O5. The Hall–Kier alpha value is -4.00. The van der Waals surface area contributed by atoms with Crippen molar-refractivity contribution >= 4 is 29.1 Å². The Morgan fingerprint density at radius 1 is 0.906 bits per heavy atom. The highest BCUT2D eigenvalue weighted by molar-refractivity contribution is 6.43. The first-order valence-electron chi connectivity index (χ1n) is 10.1. The number of nitrogens with one attached hydrogen (secondary N) is 1. The van der Waals surface area contributed by atoms with Crippen molar-refractivity contribution in [1.82, 2.24) is 4.90 Å². The molecule has 0 saturated heterocycles. The normalized spacial score (nSPS) is 11.5. The number of anilines is 1. The van der Waals surface area contributed by atoms with Crippen LogP contribution in [-0.2, 0) is 20.9 Å². The molecule has 1 atom stereocenters. The summed E-state index contributed by atoms with van der Waals surface area (Å²) in [6.07, 6.45) is 1.41. The number of benzene rings is 2. The molecule has 3 rings (SSSR count). The van der Waals surface area contributed by atoms with Crippen LogP contribution in [0.4, 0.5) is 5.69 Å². The molecule has 164 valence electrons. The lowest BCUT2D eigenvalue weighted by Crippen LogP contribution is -2.52. The van der Waals surface area contributed by atoms with E-state index in [-0.39, 0.29) is 12.1 Å². The number of rotatable bonds is 8. The van der Waals surface area contributed by atoms with Gasteiger partial charge in [-0.3, -0.25) is 19.2 Å². The van der Waals surface area contributed by atoms with Gasteiger partial charge in [0.1, 0.15) is 5.76 Å². The molecule has 1 aromatic heterocycles. The highest BCUT2D eigenvalue weighted by Gasteiger charge is 2.37. The van der Waals surface area contributed by atoms with Crippen molar-refractivity contribution in [2.24, 2.45) is 0 Å². The molecular weight excluding hydrogens is 408 g/mol. The van der Waals surface area contributed by atoms with E-state index in [9.17, 15) is 19.2 Å². The van der Waals surface area contributed by atoms with Crippen LogP contribution in [0.5, 0.6) is 0 Å². The molecule has 3 aromatic rings. The van der Waals surface area contributed by atoms with E-state index in [2.05, 4.69) is 5.32 Å². The van der Waals surface area contributed by atoms with Gasteiger partial charge >= 0.3 is 0 Å². The number of ketones is 2. The minimum Gasteiger partial charge on any atom is -0.467 e. The maximum Gasteiger partial charge on any atom is 0.296 e. The van der Waals surface area contributed by atoms with Crippen LogP contribution in [0.2, 0.25) is 0 Å². The van der Waals surface area contributed by atoms with Gasteiger partial charge in [0.25, 0.3) is 11.8 Å². The largest absolute Gasteiger partial charge is 0.467 e. The molecule has 1 unspecified atom stereocenters. The molecule has 0 saturated carbocycles. The van der Waals surface area contributed by atoms with Gasteiger partial charge in [-0.2, -0.15) is 0 Å². The van der Waals surface area contributed by atoms with Crippen LogP contribution in [0.1, 0.15) is 34.2 Å². The molecule has 2 amide bonds. The van der Waals surface area contributed by atoms with E-state index in [0.717, 1.165) is 16.0 Å². The summed E-state index contributed by atoms with van der Waals surface area (Å²) < 4.78 is 5.32. The first-order valence-corrected chi connectivity index (χ1v) is 10.1. The van der Waals surface area contributed by atoms with Crippen molar-refractivity contribution in [1.29, 1.82) is 0 Å². The average molecular weight is 432 g/mol. The molecule has 32 heavy (non-hydrogen) atoms. The molecule has 1 heterocycles. The van der Waals surface area contributed by atoms with Gasteiger partial charge in [0.15, 0.2) is 11.8 Å². The number of hydrogen-bond acceptors (Lipinski definition) is 5. The lowest BCUT2D eigenvalue weighted by Gasteiger charge is -2.28. The number of para-hydroxylation sites is 1. The summed E-state index contributed by atoms with van der Waals surface area (Å²) in [5.41, 5.74) is 2.35. The molecule has 0 aliphatic carbocycles. The van der Waals surface area contributed by atoms with Gasteiger partial charge < -0.3 is 14.6 Å². The van der Waals surface area contributed by atoms with Crippen molar-refractivity contribution in [2.75, 3.05) is 5.32 Å². The fourth-order valence-corrected chi connectivity index (χ4v) is 3.44. The predicted molar refractivity (Wildman–Crippen MR) is 119 cm³/mol. The summed E-state index contributed by atoms with van der Waals surface area (Å²) in [6, 6.07) is 15.2. The van der Waals surface area contributed by atoms with E-state index in [4.69, 9.17) is 4.42 Å². The Morgan fingerprint density at radius 2 is 1.56 bits per heavy atom. The summed E-state index contributed by atoms with van der Waals surface area (Å²) in [4.78, 5) is 52.8. The molecule has 7 heteroatoms. The second kappa shape index (κ2) is 9.87. The zero-order valence-electron chi connectivity index (χ0n) is 18.1. The van der Waals surface area contributed by atoms with Crippen LogP contribution in [0.15, 0.2) is 71.3 Å². The van der Waals surface area contributed by atoms with Gasteiger partial charge in [0.2, 0.25) is 5.78 Å². The number of amides is 2. The van der Waals surface area contributed by atoms with Crippen LogP contribution >= 0.6 is 0 Å². The molecule has 7 nitrogen and oxygen atoms in total. The Kier molecular flexibility index (Phi) is 7.00. The quantitative estimate of drug-likeness (QED) is 0.333. The average Bonchev–Trinajstić information content (AvgIpc) is 3.28. The molecule has 0 spiro atoms. The van der Waals surface area contributed by atoms with Gasteiger partial charge in [-0.1, -0.05) is 48.5 Å².